The normalized spacial score (nSPS) is 11.7. The molecule has 2 nitrogen and oxygen atoms in total. The minimum absolute atomic E-state index is 0.0579. The van der Waals surface area contributed by atoms with Gasteiger partial charge in [-0.25, -0.2) is 4.39 Å². The van der Waals surface area contributed by atoms with Crippen LogP contribution >= 0.6 is 0 Å². The monoisotopic (exact) mass is 197 g/mol. The lowest BCUT2D eigenvalue weighted by Crippen LogP contribution is -2.42. The predicted octanol–water partition coefficient (Wildman–Crippen LogP) is 1.69. The number of aliphatic hydroxyl groups is 1. The van der Waals surface area contributed by atoms with Gasteiger partial charge in [-0.15, -0.1) is 0 Å². The van der Waals surface area contributed by atoms with Crippen LogP contribution in [0.25, 0.3) is 0 Å². The first-order valence-electron chi connectivity index (χ1n) is 4.64. The molecule has 0 aliphatic rings. The highest BCUT2D eigenvalue weighted by Crippen LogP contribution is 2.06. The Balaban J connectivity index is 2.54. The molecule has 0 radical (unpaired) electrons. The van der Waals surface area contributed by atoms with E-state index in [0.29, 0.717) is 6.54 Å². The number of benzene rings is 1. The summed E-state index contributed by atoms with van der Waals surface area (Å²) in [5.74, 6) is -0.230. The van der Waals surface area contributed by atoms with Gasteiger partial charge in [0.15, 0.2) is 0 Å². The van der Waals surface area contributed by atoms with Crippen molar-refractivity contribution in [3.05, 3.63) is 35.6 Å². The molecule has 0 aromatic heterocycles. The second-order valence-corrected chi connectivity index (χ2v) is 4.03. The molecule has 1 aromatic rings. The van der Waals surface area contributed by atoms with Crippen LogP contribution in [0.15, 0.2) is 24.3 Å². The summed E-state index contributed by atoms with van der Waals surface area (Å²) in [6, 6.07) is 6.43. The summed E-state index contributed by atoms with van der Waals surface area (Å²) in [4.78, 5) is 0. The molecule has 0 amide bonds. The van der Waals surface area contributed by atoms with E-state index in [-0.39, 0.29) is 18.0 Å². The molecule has 0 saturated carbocycles. The molecule has 0 aliphatic heterocycles. The summed E-state index contributed by atoms with van der Waals surface area (Å²) >= 11 is 0. The largest absolute Gasteiger partial charge is 0.394 e. The van der Waals surface area contributed by atoms with Crippen molar-refractivity contribution in [2.45, 2.75) is 25.9 Å². The minimum atomic E-state index is -0.327. The number of hydrogen-bond acceptors (Lipinski definition) is 2. The van der Waals surface area contributed by atoms with Crippen LogP contribution in [0.3, 0.4) is 0 Å². The molecule has 3 heteroatoms. The van der Waals surface area contributed by atoms with Gasteiger partial charge >= 0.3 is 0 Å². The van der Waals surface area contributed by atoms with Crippen molar-refractivity contribution < 1.29 is 9.50 Å². The van der Waals surface area contributed by atoms with E-state index in [1.165, 1.54) is 12.1 Å². The summed E-state index contributed by atoms with van der Waals surface area (Å²) in [6.45, 7) is 4.41. The number of rotatable bonds is 4. The standard InChI is InChI=1S/C11H16FNO/c1-11(2,8-14)13-7-9-4-3-5-10(12)6-9/h3-6,13-14H,7-8H2,1-2H3. The molecule has 2 N–H and O–H groups in total. The number of halogens is 1. The van der Waals surface area contributed by atoms with Crippen LogP contribution in [-0.4, -0.2) is 17.3 Å². The highest BCUT2D eigenvalue weighted by molar-refractivity contribution is 5.16. The Morgan fingerprint density at radius 2 is 2.14 bits per heavy atom. The Bertz CT molecular complexity index is 299. The van der Waals surface area contributed by atoms with E-state index in [0.717, 1.165) is 5.56 Å². The molecule has 0 bridgehead atoms. The zero-order chi connectivity index (χ0) is 10.6. The molecule has 0 heterocycles. The minimum Gasteiger partial charge on any atom is -0.394 e. The van der Waals surface area contributed by atoms with Crippen LogP contribution < -0.4 is 5.32 Å². The molecule has 14 heavy (non-hydrogen) atoms. The SMILES string of the molecule is CC(C)(CO)NCc1cccc(F)c1. The lowest BCUT2D eigenvalue weighted by atomic mass is 10.1. The average molecular weight is 197 g/mol. The zero-order valence-corrected chi connectivity index (χ0v) is 8.55. The Morgan fingerprint density at radius 3 is 2.71 bits per heavy atom. The third-order valence-corrected chi connectivity index (χ3v) is 2.06. The molecule has 0 aliphatic carbocycles. The first kappa shape index (κ1) is 11.1. The number of aliphatic hydroxyl groups excluding tert-OH is 1. The van der Waals surface area contributed by atoms with E-state index in [4.69, 9.17) is 5.11 Å². The van der Waals surface area contributed by atoms with Gasteiger partial charge in [0.1, 0.15) is 5.82 Å². The van der Waals surface area contributed by atoms with Gasteiger partial charge in [0, 0.05) is 12.1 Å². The van der Waals surface area contributed by atoms with E-state index in [9.17, 15) is 4.39 Å². The maximum Gasteiger partial charge on any atom is 0.123 e. The number of nitrogens with one attached hydrogen (secondary N) is 1. The van der Waals surface area contributed by atoms with Crippen LogP contribution in [0.5, 0.6) is 0 Å². The summed E-state index contributed by atoms with van der Waals surface area (Å²) in [5.41, 5.74) is 0.554. The quantitative estimate of drug-likeness (QED) is 0.769. The fraction of sp³-hybridized carbons (Fsp3) is 0.455. The Morgan fingerprint density at radius 1 is 1.43 bits per heavy atom. The van der Waals surface area contributed by atoms with Crippen LogP contribution in [0.1, 0.15) is 19.4 Å². The lowest BCUT2D eigenvalue weighted by Gasteiger charge is -2.23. The van der Waals surface area contributed by atoms with E-state index in [1.807, 2.05) is 19.9 Å². The van der Waals surface area contributed by atoms with Gasteiger partial charge in [0.05, 0.1) is 6.61 Å². The third kappa shape index (κ3) is 3.44. The van der Waals surface area contributed by atoms with Crippen molar-refractivity contribution in [3.63, 3.8) is 0 Å². The fourth-order valence-corrected chi connectivity index (χ4v) is 1.04. The maximum absolute atomic E-state index is 12.8. The fourth-order valence-electron chi connectivity index (χ4n) is 1.04. The molecule has 1 rings (SSSR count). The predicted molar refractivity (Wildman–Crippen MR) is 54.4 cm³/mol. The van der Waals surface area contributed by atoms with Crippen molar-refractivity contribution in [2.75, 3.05) is 6.61 Å². The highest BCUT2D eigenvalue weighted by atomic mass is 19.1. The van der Waals surface area contributed by atoms with Gasteiger partial charge in [-0.05, 0) is 31.5 Å². The van der Waals surface area contributed by atoms with E-state index in [1.54, 1.807) is 6.07 Å². The first-order valence-corrected chi connectivity index (χ1v) is 4.64. The van der Waals surface area contributed by atoms with Crippen LogP contribution in [0.4, 0.5) is 4.39 Å². The van der Waals surface area contributed by atoms with Crippen molar-refractivity contribution in [3.8, 4) is 0 Å². The molecule has 0 spiro atoms. The van der Waals surface area contributed by atoms with E-state index >= 15 is 0 Å². The Hall–Kier alpha value is -0.930. The van der Waals surface area contributed by atoms with Gasteiger partial charge in [-0.3, -0.25) is 0 Å². The van der Waals surface area contributed by atoms with E-state index in [2.05, 4.69) is 5.32 Å². The van der Waals surface area contributed by atoms with Crippen molar-refractivity contribution in [1.82, 2.24) is 5.32 Å². The third-order valence-electron chi connectivity index (χ3n) is 2.06. The molecular formula is C11H16FNO. The zero-order valence-electron chi connectivity index (χ0n) is 8.55. The van der Waals surface area contributed by atoms with Crippen molar-refractivity contribution in [1.29, 1.82) is 0 Å². The van der Waals surface area contributed by atoms with Crippen LogP contribution in [0, 0.1) is 5.82 Å². The molecule has 0 saturated heterocycles. The topological polar surface area (TPSA) is 32.3 Å². The first-order chi connectivity index (χ1) is 6.53. The van der Waals surface area contributed by atoms with Gasteiger partial charge < -0.3 is 10.4 Å². The molecular weight excluding hydrogens is 181 g/mol. The summed E-state index contributed by atoms with van der Waals surface area (Å²) in [6.07, 6.45) is 0. The lowest BCUT2D eigenvalue weighted by molar-refractivity contribution is 0.187. The van der Waals surface area contributed by atoms with Gasteiger partial charge in [0.2, 0.25) is 0 Å². The molecule has 1 aromatic carbocycles. The highest BCUT2D eigenvalue weighted by Gasteiger charge is 2.14. The molecule has 0 unspecified atom stereocenters. The Labute approximate surface area is 83.8 Å². The second kappa shape index (κ2) is 4.53. The molecule has 78 valence electrons. The van der Waals surface area contributed by atoms with Crippen LogP contribution in [0.2, 0.25) is 0 Å². The summed E-state index contributed by atoms with van der Waals surface area (Å²) < 4.78 is 12.8. The molecule has 0 atom stereocenters. The maximum atomic E-state index is 12.8. The van der Waals surface area contributed by atoms with Crippen LogP contribution in [-0.2, 0) is 6.54 Å². The summed E-state index contributed by atoms with van der Waals surface area (Å²) in [5, 5.41) is 12.1. The molecule has 0 fully saturated rings. The summed E-state index contributed by atoms with van der Waals surface area (Å²) in [7, 11) is 0. The Kier molecular flexibility index (Phi) is 3.61. The van der Waals surface area contributed by atoms with Gasteiger partial charge in [0.25, 0.3) is 0 Å². The smallest absolute Gasteiger partial charge is 0.123 e. The number of hydrogen-bond donors (Lipinski definition) is 2. The van der Waals surface area contributed by atoms with Gasteiger partial charge in [-0.1, -0.05) is 12.1 Å². The van der Waals surface area contributed by atoms with Gasteiger partial charge in [-0.2, -0.15) is 0 Å². The van der Waals surface area contributed by atoms with E-state index < -0.39 is 0 Å². The van der Waals surface area contributed by atoms with Crippen molar-refractivity contribution >= 4 is 0 Å². The average Bonchev–Trinajstić information content (AvgIpc) is 2.15. The van der Waals surface area contributed by atoms with Crippen molar-refractivity contribution in [2.24, 2.45) is 0 Å². The second-order valence-electron chi connectivity index (χ2n) is 4.03.